The van der Waals surface area contributed by atoms with Gasteiger partial charge in [-0.25, -0.2) is 8.78 Å². The lowest BCUT2D eigenvalue weighted by Gasteiger charge is -2.25. The number of fused-ring (bicyclic) bond motifs is 1. The van der Waals surface area contributed by atoms with Gasteiger partial charge in [0.1, 0.15) is 11.6 Å². The molecule has 6 aromatic carbocycles. The molecule has 3 heteroatoms. The summed E-state index contributed by atoms with van der Waals surface area (Å²) in [6.07, 6.45) is 0. The molecule has 184 valence electrons. The molecule has 6 aromatic rings. The summed E-state index contributed by atoms with van der Waals surface area (Å²) in [4.78, 5) is 1.58. The maximum Gasteiger partial charge on any atom is 0.148 e. The van der Waals surface area contributed by atoms with E-state index < -0.39 is 11.6 Å². The summed E-state index contributed by atoms with van der Waals surface area (Å²) in [5.41, 5.74) is 6.14. The van der Waals surface area contributed by atoms with Crippen LogP contribution in [0.1, 0.15) is 0 Å². The fourth-order valence-corrected chi connectivity index (χ4v) is 5.11. The maximum absolute atomic E-state index is 15.9. The first kappa shape index (κ1) is 23.6. The lowest BCUT2D eigenvalue weighted by atomic mass is 9.94. The number of halogens is 2. The molecule has 0 spiro atoms. The molecule has 0 saturated heterocycles. The Morgan fingerprint density at radius 3 is 1.89 bits per heavy atom. The van der Waals surface area contributed by atoms with Crippen LogP contribution in [0.2, 0.25) is 0 Å². The lowest BCUT2D eigenvalue weighted by molar-refractivity contribution is 0.618. The van der Waals surface area contributed by atoms with Gasteiger partial charge in [-0.1, -0.05) is 109 Å². The van der Waals surface area contributed by atoms with Crippen molar-refractivity contribution in [1.82, 2.24) is 0 Å². The number of nitrogens with zero attached hydrogens (tertiary/aromatic N) is 1. The molecule has 6 rings (SSSR count). The van der Waals surface area contributed by atoms with Gasteiger partial charge in [0, 0.05) is 12.6 Å². The Labute approximate surface area is 221 Å². The summed E-state index contributed by atoms with van der Waals surface area (Å²) in [6.45, 7) is 0. The van der Waals surface area contributed by atoms with Crippen molar-refractivity contribution in [3.63, 3.8) is 0 Å². The highest BCUT2D eigenvalue weighted by atomic mass is 19.1. The fraction of sp³-hybridized carbons (Fsp3) is 0.0286. The molecule has 0 bridgehead atoms. The van der Waals surface area contributed by atoms with E-state index in [1.165, 1.54) is 22.9 Å². The Balaban J connectivity index is 1.45. The molecule has 1 nitrogen and oxygen atoms in total. The first-order chi connectivity index (χ1) is 18.6. The van der Waals surface area contributed by atoms with Crippen LogP contribution in [0, 0.1) is 11.6 Å². The second-order valence-electron chi connectivity index (χ2n) is 9.33. The minimum atomic E-state index is -0.412. The van der Waals surface area contributed by atoms with Crippen molar-refractivity contribution in [1.29, 1.82) is 0 Å². The highest BCUT2D eigenvalue weighted by Crippen LogP contribution is 2.40. The Hall–Kier alpha value is -4.76. The summed E-state index contributed by atoms with van der Waals surface area (Å²) >= 11 is 0. The van der Waals surface area contributed by atoms with Gasteiger partial charge < -0.3 is 4.90 Å². The largest absolute Gasteiger partial charge is 0.339 e. The number of anilines is 2. The molecule has 0 atom stereocenters. The Bertz CT molecular complexity index is 1740. The van der Waals surface area contributed by atoms with Crippen molar-refractivity contribution >= 4 is 22.1 Å². The predicted molar refractivity (Wildman–Crippen MR) is 155 cm³/mol. The van der Waals surface area contributed by atoms with E-state index in [4.69, 9.17) is 0 Å². The SMILES string of the molecule is CN(c1ccccc1F)c1c(F)cc(-c2ccc(-c3cccc4ccccc34)cc2)cc1-c1ccccc1. The minimum Gasteiger partial charge on any atom is -0.339 e. The van der Waals surface area contributed by atoms with Gasteiger partial charge >= 0.3 is 0 Å². The Morgan fingerprint density at radius 1 is 0.474 bits per heavy atom. The van der Waals surface area contributed by atoms with Crippen LogP contribution in [0.4, 0.5) is 20.2 Å². The predicted octanol–water partition coefficient (Wildman–Crippen LogP) is 9.89. The van der Waals surface area contributed by atoms with E-state index >= 15 is 4.39 Å². The lowest BCUT2D eigenvalue weighted by Crippen LogP contribution is -2.14. The van der Waals surface area contributed by atoms with Crippen LogP contribution in [0.3, 0.4) is 0 Å². The third-order valence-electron chi connectivity index (χ3n) is 7.02. The fourth-order valence-electron chi connectivity index (χ4n) is 5.11. The second-order valence-corrected chi connectivity index (χ2v) is 9.33. The van der Waals surface area contributed by atoms with Gasteiger partial charge in [-0.3, -0.25) is 0 Å². The number of rotatable bonds is 5. The highest BCUT2D eigenvalue weighted by Gasteiger charge is 2.20. The van der Waals surface area contributed by atoms with Crippen molar-refractivity contribution < 1.29 is 8.78 Å². The monoisotopic (exact) mass is 497 g/mol. The zero-order valence-corrected chi connectivity index (χ0v) is 20.9. The van der Waals surface area contributed by atoms with E-state index in [0.717, 1.165) is 27.8 Å². The minimum absolute atomic E-state index is 0.316. The molecule has 0 aliphatic heterocycles. The van der Waals surface area contributed by atoms with Crippen LogP contribution in [-0.2, 0) is 0 Å². The molecule has 38 heavy (non-hydrogen) atoms. The maximum atomic E-state index is 15.9. The van der Waals surface area contributed by atoms with Gasteiger partial charge in [-0.2, -0.15) is 0 Å². The Kier molecular flexibility index (Phi) is 6.19. The van der Waals surface area contributed by atoms with E-state index in [2.05, 4.69) is 42.5 Å². The first-order valence-electron chi connectivity index (χ1n) is 12.6. The summed E-state index contributed by atoms with van der Waals surface area (Å²) in [7, 11) is 1.70. The third kappa shape index (κ3) is 4.33. The van der Waals surface area contributed by atoms with Crippen molar-refractivity contribution in [3.8, 4) is 33.4 Å². The third-order valence-corrected chi connectivity index (χ3v) is 7.02. The van der Waals surface area contributed by atoms with Gasteiger partial charge in [0.15, 0.2) is 0 Å². The van der Waals surface area contributed by atoms with Crippen LogP contribution in [0.5, 0.6) is 0 Å². The second kappa shape index (κ2) is 9.95. The molecule has 0 saturated carbocycles. The quantitative estimate of drug-likeness (QED) is 0.229. The van der Waals surface area contributed by atoms with Crippen molar-refractivity contribution in [2.24, 2.45) is 0 Å². The molecule has 0 amide bonds. The highest BCUT2D eigenvalue weighted by molar-refractivity contribution is 5.97. The number of benzene rings is 6. The molecule has 0 unspecified atom stereocenters. The standard InChI is InChI=1S/C35H25F2N/c1-38(34-17-8-7-16-32(34)36)35-31(26-10-3-2-4-11-26)22-28(23-33(35)37)24-18-20-27(21-19-24)30-15-9-13-25-12-5-6-14-29(25)30/h2-23H,1H3. The van der Waals surface area contributed by atoms with Crippen molar-refractivity contribution in [3.05, 3.63) is 145 Å². The van der Waals surface area contributed by atoms with E-state index in [1.54, 1.807) is 30.1 Å². The smallest absolute Gasteiger partial charge is 0.148 e. The van der Waals surface area contributed by atoms with E-state index in [9.17, 15) is 4.39 Å². The summed E-state index contributed by atoms with van der Waals surface area (Å²) in [6, 6.07) is 42.5. The number of hydrogen-bond donors (Lipinski definition) is 0. The number of hydrogen-bond acceptors (Lipinski definition) is 1. The van der Waals surface area contributed by atoms with Crippen molar-refractivity contribution in [2.75, 3.05) is 11.9 Å². The topological polar surface area (TPSA) is 3.24 Å². The van der Waals surface area contributed by atoms with Gasteiger partial charge in [0.25, 0.3) is 0 Å². The zero-order valence-electron chi connectivity index (χ0n) is 20.9. The summed E-state index contributed by atoms with van der Waals surface area (Å²) in [5, 5.41) is 2.39. The molecule has 0 aliphatic carbocycles. The first-order valence-corrected chi connectivity index (χ1v) is 12.6. The molecule has 0 radical (unpaired) electrons. The average molecular weight is 498 g/mol. The van der Waals surface area contributed by atoms with Crippen LogP contribution in [0.25, 0.3) is 44.2 Å². The summed E-state index contributed by atoms with van der Waals surface area (Å²) < 4.78 is 30.6. The molecule has 0 aliphatic rings. The van der Waals surface area contributed by atoms with Crippen LogP contribution in [0.15, 0.2) is 133 Å². The molecule has 0 heterocycles. The molecule has 0 N–H and O–H groups in total. The molecule has 0 fully saturated rings. The van der Waals surface area contributed by atoms with Gasteiger partial charge in [0.2, 0.25) is 0 Å². The van der Waals surface area contributed by atoms with Gasteiger partial charge in [-0.05, 0) is 62.9 Å². The summed E-state index contributed by atoms with van der Waals surface area (Å²) in [5.74, 6) is -0.813. The van der Waals surface area contributed by atoms with Crippen LogP contribution >= 0.6 is 0 Å². The van der Waals surface area contributed by atoms with Crippen LogP contribution < -0.4 is 4.90 Å². The Morgan fingerprint density at radius 2 is 1.11 bits per heavy atom. The van der Waals surface area contributed by atoms with E-state index in [0.29, 0.717) is 16.9 Å². The normalized spacial score (nSPS) is 11.0. The molecular formula is C35H25F2N. The molecular weight excluding hydrogens is 472 g/mol. The molecule has 0 aromatic heterocycles. The zero-order chi connectivity index (χ0) is 26.1. The van der Waals surface area contributed by atoms with E-state index in [1.807, 2.05) is 60.7 Å². The van der Waals surface area contributed by atoms with Gasteiger partial charge in [0.05, 0.1) is 11.4 Å². The number of para-hydroxylation sites is 1. The van der Waals surface area contributed by atoms with Gasteiger partial charge in [-0.15, -0.1) is 0 Å². The van der Waals surface area contributed by atoms with Crippen molar-refractivity contribution in [2.45, 2.75) is 0 Å². The van der Waals surface area contributed by atoms with E-state index in [-0.39, 0.29) is 0 Å². The average Bonchev–Trinajstić information content (AvgIpc) is 2.97. The van der Waals surface area contributed by atoms with Crippen LogP contribution in [-0.4, -0.2) is 7.05 Å².